The van der Waals surface area contributed by atoms with Gasteiger partial charge in [0.1, 0.15) is 0 Å². The van der Waals surface area contributed by atoms with Crippen LogP contribution in [-0.2, 0) is 6.42 Å². The number of benzene rings is 1. The Morgan fingerprint density at radius 2 is 2.07 bits per heavy atom. The maximum atomic E-state index is 11.1. The molecule has 0 N–H and O–H groups in total. The first-order valence-electron chi connectivity index (χ1n) is 5.34. The van der Waals surface area contributed by atoms with Crippen LogP contribution >= 0.6 is 0 Å². The molecular formula is C13H18O. The third-order valence-corrected chi connectivity index (χ3v) is 2.40. The van der Waals surface area contributed by atoms with Crippen LogP contribution in [0, 0.1) is 0 Å². The molecule has 0 aromatic heterocycles. The first-order valence-corrected chi connectivity index (χ1v) is 5.34. The molecule has 0 saturated carbocycles. The molecule has 14 heavy (non-hydrogen) atoms. The topological polar surface area (TPSA) is 17.1 Å². The quantitative estimate of drug-likeness (QED) is 0.512. The van der Waals surface area contributed by atoms with Crippen LogP contribution in [0.4, 0.5) is 0 Å². The number of carbonyl (C=O) groups excluding carboxylic acids is 1. The third-order valence-electron chi connectivity index (χ3n) is 2.40. The molecule has 0 radical (unpaired) electrons. The Labute approximate surface area is 86.1 Å². The Morgan fingerprint density at radius 1 is 1.29 bits per heavy atom. The highest BCUT2D eigenvalue weighted by Crippen LogP contribution is 2.09. The second kappa shape index (κ2) is 5.58. The van der Waals surface area contributed by atoms with Crippen molar-refractivity contribution in [2.24, 2.45) is 0 Å². The van der Waals surface area contributed by atoms with E-state index >= 15 is 0 Å². The summed E-state index contributed by atoms with van der Waals surface area (Å²) in [5, 5.41) is 0. The van der Waals surface area contributed by atoms with Gasteiger partial charge in [-0.05, 0) is 31.4 Å². The summed E-state index contributed by atoms with van der Waals surface area (Å²) in [4.78, 5) is 11.1. The number of hydrogen-bond donors (Lipinski definition) is 0. The fourth-order valence-electron chi connectivity index (χ4n) is 1.52. The molecule has 0 heterocycles. The zero-order valence-electron chi connectivity index (χ0n) is 9.05. The predicted molar refractivity (Wildman–Crippen MR) is 59.7 cm³/mol. The molecule has 76 valence electrons. The molecule has 0 aliphatic heterocycles. The maximum absolute atomic E-state index is 11.1. The van der Waals surface area contributed by atoms with Crippen molar-refractivity contribution >= 4 is 5.78 Å². The minimum Gasteiger partial charge on any atom is -0.295 e. The van der Waals surface area contributed by atoms with Crippen molar-refractivity contribution < 1.29 is 4.79 Å². The van der Waals surface area contributed by atoms with Crippen molar-refractivity contribution in [1.82, 2.24) is 0 Å². The monoisotopic (exact) mass is 190 g/mol. The van der Waals surface area contributed by atoms with Gasteiger partial charge in [0.15, 0.2) is 5.78 Å². The van der Waals surface area contributed by atoms with E-state index in [1.165, 1.54) is 24.8 Å². The van der Waals surface area contributed by atoms with Gasteiger partial charge in [0, 0.05) is 5.56 Å². The lowest BCUT2D eigenvalue weighted by molar-refractivity contribution is 0.101. The summed E-state index contributed by atoms with van der Waals surface area (Å²) in [5.74, 6) is 0.155. The molecule has 0 amide bonds. The van der Waals surface area contributed by atoms with Crippen LogP contribution in [0.2, 0.25) is 0 Å². The molecule has 0 atom stereocenters. The highest BCUT2D eigenvalue weighted by molar-refractivity contribution is 5.94. The molecule has 1 nitrogen and oxygen atoms in total. The molecule has 0 unspecified atom stereocenters. The summed E-state index contributed by atoms with van der Waals surface area (Å²) in [7, 11) is 0. The molecule has 1 heteroatoms. The van der Waals surface area contributed by atoms with E-state index in [2.05, 4.69) is 13.0 Å². The number of Topliss-reactive ketones (excluding diaryl/α,β-unsaturated/α-hetero) is 1. The summed E-state index contributed by atoms with van der Waals surface area (Å²) in [6, 6.07) is 7.96. The summed E-state index contributed by atoms with van der Waals surface area (Å²) in [6.45, 7) is 3.82. The zero-order valence-corrected chi connectivity index (χ0v) is 9.05. The van der Waals surface area contributed by atoms with Crippen LogP contribution in [0.1, 0.15) is 49.0 Å². The van der Waals surface area contributed by atoms with Crippen LogP contribution < -0.4 is 0 Å². The van der Waals surface area contributed by atoms with Gasteiger partial charge in [-0.2, -0.15) is 0 Å². The Morgan fingerprint density at radius 3 is 2.71 bits per heavy atom. The fourth-order valence-corrected chi connectivity index (χ4v) is 1.52. The number of unbranched alkanes of at least 4 members (excludes halogenated alkanes) is 2. The molecule has 0 fully saturated rings. The molecule has 0 bridgehead atoms. The standard InChI is InChI=1S/C13H18O/c1-3-4-5-7-12-8-6-9-13(10-12)11(2)14/h6,8-10H,3-5,7H2,1-2H3. The molecular weight excluding hydrogens is 172 g/mol. The lowest BCUT2D eigenvalue weighted by Gasteiger charge is -2.02. The number of carbonyl (C=O) groups is 1. The van der Waals surface area contributed by atoms with Gasteiger partial charge >= 0.3 is 0 Å². The van der Waals surface area contributed by atoms with Crippen molar-refractivity contribution in [1.29, 1.82) is 0 Å². The van der Waals surface area contributed by atoms with Crippen molar-refractivity contribution in [3.05, 3.63) is 35.4 Å². The highest BCUT2D eigenvalue weighted by atomic mass is 16.1. The van der Waals surface area contributed by atoms with E-state index in [0.29, 0.717) is 0 Å². The molecule has 0 aliphatic carbocycles. The highest BCUT2D eigenvalue weighted by Gasteiger charge is 1.99. The largest absolute Gasteiger partial charge is 0.295 e. The first kappa shape index (κ1) is 11.0. The second-order valence-corrected chi connectivity index (χ2v) is 3.71. The minimum atomic E-state index is 0.155. The summed E-state index contributed by atoms with van der Waals surface area (Å²) < 4.78 is 0. The predicted octanol–water partition coefficient (Wildman–Crippen LogP) is 3.62. The minimum absolute atomic E-state index is 0.155. The summed E-state index contributed by atoms with van der Waals surface area (Å²) in [5.41, 5.74) is 2.12. The molecule has 0 saturated heterocycles. The van der Waals surface area contributed by atoms with E-state index in [0.717, 1.165) is 12.0 Å². The van der Waals surface area contributed by atoms with Gasteiger partial charge in [-0.1, -0.05) is 38.0 Å². The van der Waals surface area contributed by atoms with Gasteiger partial charge in [-0.3, -0.25) is 4.79 Å². The van der Waals surface area contributed by atoms with Crippen LogP contribution in [0.3, 0.4) is 0 Å². The van der Waals surface area contributed by atoms with Crippen LogP contribution in [-0.4, -0.2) is 5.78 Å². The van der Waals surface area contributed by atoms with Gasteiger partial charge in [0.2, 0.25) is 0 Å². The number of aryl methyl sites for hydroxylation is 1. The van der Waals surface area contributed by atoms with E-state index in [9.17, 15) is 4.79 Å². The Bertz CT molecular complexity index is 302. The van der Waals surface area contributed by atoms with Gasteiger partial charge in [-0.15, -0.1) is 0 Å². The SMILES string of the molecule is CCCCCc1cccc(C(C)=O)c1. The molecule has 1 rings (SSSR count). The Hall–Kier alpha value is -1.11. The Balaban J connectivity index is 2.59. The van der Waals surface area contributed by atoms with E-state index in [-0.39, 0.29) is 5.78 Å². The van der Waals surface area contributed by atoms with Crippen molar-refractivity contribution in [2.75, 3.05) is 0 Å². The molecule has 1 aromatic carbocycles. The van der Waals surface area contributed by atoms with Gasteiger partial charge in [-0.25, -0.2) is 0 Å². The average Bonchev–Trinajstić information content (AvgIpc) is 2.19. The van der Waals surface area contributed by atoms with E-state index in [1.54, 1.807) is 6.92 Å². The molecule has 1 aromatic rings. The summed E-state index contributed by atoms with van der Waals surface area (Å²) >= 11 is 0. The van der Waals surface area contributed by atoms with Crippen molar-refractivity contribution in [3.63, 3.8) is 0 Å². The summed E-state index contributed by atoms with van der Waals surface area (Å²) in [6.07, 6.45) is 4.82. The van der Waals surface area contributed by atoms with Gasteiger partial charge in [0.25, 0.3) is 0 Å². The number of ketones is 1. The van der Waals surface area contributed by atoms with Crippen LogP contribution in [0.5, 0.6) is 0 Å². The average molecular weight is 190 g/mol. The number of hydrogen-bond acceptors (Lipinski definition) is 1. The van der Waals surface area contributed by atoms with Gasteiger partial charge < -0.3 is 0 Å². The Kier molecular flexibility index (Phi) is 4.37. The van der Waals surface area contributed by atoms with Crippen LogP contribution in [0.25, 0.3) is 0 Å². The van der Waals surface area contributed by atoms with E-state index in [4.69, 9.17) is 0 Å². The van der Waals surface area contributed by atoms with E-state index < -0.39 is 0 Å². The molecule has 0 spiro atoms. The van der Waals surface area contributed by atoms with Crippen molar-refractivity contribution in [3.8, 4) is 0 Å². The lowest BCUT2D eigenvalue weighted by Crippen LogP contribution is -1.94. The number of rotatable bonds is 5. The fraction of sp³-hybridized carbons (Fsp3) is 0.462. The van der Waals surface area contributed by atoms with Gasteiger partial charge in [0.05, 0.1) is 0 Å². The van der Waals surface area contributed by atoms with E-state index in [1.807, 2.05) is 18.2 Å². The second-order valence-electron chi connectivity index (χ2n) is 3.71. The smallest absolute Gasteiger partial charge is 0.159 e. The van der Waals surface area contributed by atoms with Crippen molar-refractivity contribution in [2.45, 2.75) is 39.5 Å². The molecule has 0 aliphatic rings. The first-order chi connectivity index (χ1) is 6.74. The lowest BCUT2D eigenvalue weighted by atomic mass is 10.0. The maximum Gasteiger partial charge on any atom is 0.159 e. The zero-order chi connectivity index (χ0) is 10.4. The normalized spacial score (nSPS) is 10.1. The third kappa shape index (κ3) is 3.33. The van der Waals surface area contributed by atoms with Crippen LogP contribution in [0.15, 0.2) is 24.3 Å².